The topological polar surface area (TPSA) is 21.3 Å². The van der Waals surface area contributed by atoms with Gasteiger partial charge in [-0.05, 0) is 49.7 Å². The Morgan fingerprint density at radius 3 is 2.32 bits per heavy atom. The minimum atomic E-state index is 0.483. The van der Waals surface area contributed by atoms with Gasteiger partial charge in [0.25, 0.3) is 5.17 Å². The van der Waals surface area contributed by atoms with Crippen LogP contribution in [0.3, 0.4) is 0 Å². The molecule has 0 amide bonds. The van der Waals surface area contributed by atoms with Crippen LogP contribution in [0.4, 0.5) is 5.69 Å². The first-order valence-corrected chi connectivity index (χ1v) is 9.06. The number of ether oxygens (including phenoxy) is 1. The lowest BCUT2D eigenvalue weighted by Crippen LogP contribution is -2.15. The molecule has 0 aliphatic carbocycles. The summed E-state index contributed by atoms with van der Waals surface area (Å²) in [5.41, 5.74) is 3.53. The van der Waals surface area contributed by atoms with E-state index in [1.165, 1.54) is 56.1 Å². The minimum absolute atomic E-state index is 0.483. The van der Waals surface area contributed by atoms with E-state index < -0.39 is 0 Å². The van der Waals surface area contributed by atoms with Crippen LogP contribution in [0.25, 0.3) is 0 Å². The van der Waals surface area contributed by atoms with Crippen molar-refractivity contribution in [3.8, 4) is 0 Å². The van der Waals surface area contributed by atoms with Gasteiger partial charge in [-0.3, -0.25) is 0 Å². The molecule has 0 atom stereocenters. The Labute approximate surface area is 141 Å². The zero-order valence-corrected chi connectivity index (χ0v) is 15.2. The van der Waals surface area contributed by atoms with Gasteiger partial charge >= 0.3 is 0 Å². The van der Waals surface area contributed by atoms with E-state index in [-0.39, 0.29) is 0 Å². The maximum absolute atomic E-state index is 5.61. The third-order valence-corrected chi connectivity index (χ3v) is 4.29. The van der Waals surface area contributed by atoms with Gasteiger partial charge in [0, 0.05) is 5.69 Å². The highest BCUT2D eigenvalue weighted by Gasteiger charge is 2.03. The zero-order valence-electron chi connectivity index (χ0n) is 14.4. The molecule has 0 bridgehead atoms. The molecule has 0 spiro atoms. The average Bonchev–Trinajstić information content (AvgIpc) is 2.50. The van der Waals surface area contributed by atoms with E-state index in [1.54, 1.807) is 0 Å². The molecule has 0 saturated carbocycles. The van der Waals surface area contributed by atoms with Crippen molar-refractivity contribution >= 4 is 23.1 Å². The van der Waals surface area contributed by atoms with E-state index in [9.17, 15) is 0 Å². The van der Waals surface area contributed by atoms with Crippen molar-refractivity contribution in [3.63, 3.8) is 0 Å². The summed E-state index contributed by atoms with van der Waals surface area (Å²) >= 11 is 5.25. The summed E-state index contributed by atoms with van der Waals surface area (Å²) in [4.78, 5) is 0. The molecule has 1 aromatic carbocycles. The van der Waals surface area contributed by atoms with Crippen molar-refractivity contribution in [1.82, 2.24) is 0 Å². The Bertz CT molecular complexity index is 445. The van der Waals surface area contributed by atoms with Crippen LogP contribution in [-0.4, -0.2) is 11.8 Å². The highest BCUT2D eigenvalue weighted by atomic mass is 32.1. The van der Waals surface area contributed by atoms with E-state index in [2.05, 4.69) is 32.2 Å². The van der Waals surface area contributed by atoms with Crippen LogP contribution in [0, 0.1) is 13.8 Å². The molecule has 0 radical (unpaired) electrons. The quantitative estimate of drug-likeness (QED) is 0.412. The first-order valence-electron chi connectivity index (χ1n) is 8.65. The predicted molar refractivity (Wildman–Crippen MR) is 101 cm³/mol. The predicted octanol–water partition coefficient (Wildman–Crippen LogP) is 6.16. The van der Waals surface area contributed by atoms with E-state index in [1.807, 2.05) is 12.1 Å². The molecule has 0 aliphatic rings. The minimum Gasteiger partial charge on any atom is -0.471 e. The average molecular weight is 322 g/mol. The second-order valence-corrected chi connectivity index (χ2v) is 6.35. The number of unbranched alkanes of at least 4 members (excludes halogenated alkanes) is 7. The van der Waals surface area contributed by atoms with Crippen LogP contribution >= 0.6 is 12.2 Å². The molecular weight excluding hydrogens is 290 g/mol. The van der Waals surface area contributed by atoms with Crippen molar-refractivity contribution in [2.45, 2.75) is 72.1 Å². The Morgan fingerprint density at radius 2 is 1.64 bits per heavy atom. The highest BCUT2D eigenvalue weighted by Crippen LogP contribution is 2.18. The van der Waals surface area contributed by atoms with Crippen LogP contribution in [-0.2, 0) is 4.74 Å². The van der Waals surface area contributed by atoms with E-state index >= 15 is 0 Å². The van der Waals surface area contributed by atoms with Crippen molar-refractivity contribution < 1.29 is 4.74 Å². The van der Waals surface area contributed by atoms with Crippen LogP contribution in [0.1, 0.15) is 69.4 Å². The SMILES string of the molecule is CCCCCCCCCCOC(=S)Nc1cccc(C)c1C. The molecule has 1 N–H and O–H groups in total. The van der Waals surface area contributed by atoms with Gasteiger partial charge < -0.3 is 10.1 Å². The fourth-order valence-electron chi connectivity index (χ4n) is 2.43. The lowest BCUT2D eigenvalue weighted by molar-refractivity contribution is 0.298. The maximum atomic E-state index is 5.61. The summed E-state index contributed by atoms with van der Waals surface area (Å²) in [6.45, 7) is 7.17. The molecule has 3 heteroatoms. The lowest BCUT2D eigenvalue weighted by Gasteiger charge is -2.13. The molecule has 0 fully saturated rings. The van der Waals surface area contributed by atoms with Gasteiger partial charge in [0.05, 0.1) is 6.61 Å². The molecule has 0 aromatic heterocycles. The van der Waals surface area contributed by atoms with Gasteiger partial charge in [0.1, 0.15) is 0 Å². The largest absolute Gasteiger partial charge is 0.471 e. The smallest absolute Gasteiger partial charge is 0.261 e. The molecule has 0 unspecified atom stereocenters. The first kappa shape index (κ1) is 19.0. The third kappa shape index (κ3) is 7.79. The molecule has 2 nitrogen and oxygen atoms in total. The Kier molecular flexibility index (Phi) is 9.89. The van der Waals surface area contributed by atoms with Crippen LogP contribution in [0.15, 0.2) is 18.2 Å². The summed E-state index contributed by atoms with van der Waals surface area (Å²) in [5.74, 6) is 0. The second kappa shape index (κ2) is 11.5. The van der Waals surface area contributed by atoms with Gasteiger partial charge in [-0.15, -0.1) is 0 Å². The van der Waals surface area contributed by atoms with E-state index in [0.717, 1.165) is 12.1 Å². The number of hydrogen-bond donors (Lipinski definition) is 1. The molecule has 0 saturated heterocycles. The number of aryl methyl sites for hydroxylation is 1. The molecule has 22 heavy (non-hydrogen) atoms. The standard InChI is InChI=1S/C19H31NOS/c1-4-5-6-7-8-9-10-11-15-21-19(22)20-18-14-12-13-16(2)17(18)3/h12-14H,4-11,15H2,1-3H3,(H,20,22). The fraction of sp³-hybridized carbons (Fsp3) is 0.632. The molecule has 0 aliphatic heterocycles. The summed E-state index contributed by atoms with van der Waals surface area (Å²) in [5, 5.41) is 3.67. The van der Waals surface area contributed by atoms with Crippen molar-refractivity contribution in [1.29, 1.82) is 0 Å². The van der Waals surface area contributed by atoms with Crippen molar-refractivity contribution in [2.75, 3.05) is 11.9 Å². The van der Waals surface area contributed by atoms with Crippen molar-refractivity contribution in [3.05, 3.63) is 29.3 Å². The van der Waals surface area contributed by atoms with Crippen molar-refractivity contribution in [2.24, 2.45) is 0 Å². The van der Waals surface area contributed by atoms with Gasteiger partial charge in [-0.2, -0.15) is 0 Å². The first-order chi connectivity index (χ1) is 10.6. The normalized spacial score (nSPS) is 10.5. The number of nitrogens with one attached hydrogen (secondary N) is 1. The fourth-order valence-corrected chi connectivity index (χ4v) is 2.63. The van der Waals surface area contributed by atoms with E-state index in [0.29, 0.717) is 11.8 Å². The summed E-state index contributed by atoms with van der Waals surface area (Å²) in [7, 11) is 0. The highest BCUT2D eigenvalue weighted by molar-refractivity contribution is 7.80. The number of thiocarbonyl (C=S) groups is 1. The van der Waals surface area contributed by atoms with Gasteiger partial charge in [0.15, 0.2) is 0 Å². The summed E-state index contributed by atoms with van der Waals surface area (Å²) < 4.78 is 5.61. The lowest BCUT2D eigenvalue weighted by atomic mass is 10.1. The summed E-state index contributed by atoms with van der Waals surface area (Å²) in [6, 6.07) is 6.17. The molecule has 124 valence electrons. The van der Waals surface area contributed by atoms with Crippen LogP contribution in [0.2, 0.25) is 0 Å². The Morgan fingerprint density at radius 1 is 1.00 bits per heavy atom. The zero-order chi connectivity index (χ0) is 16.2. The Balaban J connectivity index is 2.08. The Hall–Kier alpha value is -1.09. The van der Waals surface area contributed by atoms with Crippen LogP contribution < -0.4 is 5.32 Å². The number of anilines is 1. The van der Waals surface area contributed by atoms with Gasteiger partial charge in [-0.25, -0.2) is 0 Å². The van der Waals surface area contributed by atoms with Gasteiger partial charge in [0.2, 0.25) is 0 Å². The van der Waals surface area contributed by atoms with Crippen LogP contribution in [0.5, 0.6) is 0 Å². The monoisotopic (exact) mass is 321 g/mol. The maximum Gasteiger partial charge on any atom is 0.261 e. The number of hydrogen-bond acceptors (Lipinski definition) is 2. The third-order valence-electron chi connectivity index (χ3n) is 4.07. The van der Waals surface area contributed by atoms with Gasteiger partial charge in [-0.1, -0.05) is 64.0 Å². The molecule has 1 rings (SSSR count). The van der Waals surface area contributed by atoms with E-state index in [4.69, 9.17) is 17.0 Å². The second-order valence-electron chi connectivity index (χ2n) is 5.98. The number of rotatable bonds is 10. The summed E-state index contributed by atoms with van der Waals surface area (Å²) in [6.07, 6.45) is 10.4. The molecule has 1 aromatic rings. The molecule has 0 heterocycles. The number of benzene rings is 1. The molecular formula is C19H31NOS.